The Morgan fingerprint density at radius 1 is 1.38 bits per heavy atom. The van der Waals surface area contributed by atoms with Gasteiger partial charge in [0.15, 0.2) is 0 Å². The van der Waals surface area contributed by atoms with Gasteiger partial charge >= 0.3 is 0 Å². The van der Waals surface area contributed by atoms with E-state index in [0.29, 0.717) is 5.82 Å². The molecule has 0 spiro atoms. The first-order chi connectivity index (χ1) is 7.72. The number of rotatable bonds is 2. The summed E-state index contributed by atoms with van der Waals surface area (Å²) in [5.74, 6) is -0.302. The van der Waals surface area contributed by atoms with E-state index in [1.165, 1.54) is 7.05 Å². The minimum absolute atomic E-state index is 0.210. The number of carbonyl (C=O) groups is 2. The minimum atomic E-state index is -0.689. The number of aryl methyl sites for hydroxylation is 1. The Balaban J connectivity index is 0. The summed E-state index contributed by atoms with van der Waals surface area (Å²) < 4.78 is 0. The van der Waals surface area contributed by atoms with Gasteiger partial charge < -0.3 is 11.1 Å². The Hall–Kier alpha value is -1.75. The number of nitrogens with two attached hydrogens (primary N) is 1. The molecule has 1 rings (SSSR count). The van der Waals surface area contributed by atoms with E-state index in [1.54, 1.807) is 18.3 Å². The molecule has 5 heteroatoms. The standard InChI is InChI=1S/C8H8N2O2.C2H6.CH5N/c1-6-2-3-7(9-4-6)10-8(12)5-11;2*1-2/h2-5H,1H3,(H,9,10,12);1-2H3;2H2,1H3. The number of hydrogen-bond acceptors (Lipinski definition) is 4. The first-order valence-electron chi connectivity index (χ1n) is 4.99. The molecule has 0 aliphatic rings. The molecule has 1 aromatic rings. The van der Waals surface area contributed by atoms with E-state index in [1.807, 2.05) is 20.8 Å². The summed E-state index contributed by atoms with van der Waals surface area (Å²) in [4.78, 5) is 24.4. The highest BCUT2D eigenvalue weighted by atomic mass is 16.2. The summed E-state index contributed by atoms with van der Waals surface area (Å²) in [5, 5.41) is 2.30. The van der Waals surface area contributed by atoms with Gasteiger partial charge in [-0.05, 0) is 25.6 Å². The first-order valence-corrected chi connectivity index (χ1v) is 4.99. The monoisotopic (exact) mass is 225 g/mol. The van der Waals surface area contributed by atoms with Crippen LogP contribution in [-0.2, 0) is 9.59 Å². The van der Waals surface area contributed by atoms with Crippen LogP contribution >= 0.6 is 0 Å². The number of amides is 1. The van der Waals surface area contributed by atoms with Gasteiger partial charge in [0.2, 0.25) is 6.29 Å². The van der Waals surface area contributed by atoms with E-state index in [9.17, 15) is 9.59 Å². The third-order valence-electron chi connectivity index (χ3n) is 1.27. The molecule has 0 aromatic carbocycles. The van der Waals surface area contributed by atoms with Crippen LogP contribution in [0.25, 0.3) is 0 Å². The van der Waals surface area contributed by atoms with Crippen LogP contribution in [0.4, 0.5) is 5.82 Å². The fraction of sp³-hybridized carbons (Fsp3) is 0.364. The van der Waals surface area contributed by atoms with Gasteiger partial charge in [0, 0.05) is 6.20 Å². The van der Waals surface area contributed by atoms with Crippen molar-refractivity contribution in [2.75, 3.05) is 12.4 Å². The van der Waals surface area contributed by atoms with Crippen molar-refractivity contribution in [2.24, 2.45) is 5.73 Å². The van der Waals surface area contributed by atoms with E-state index in [-0.39, 0.29) is 6.29 Å². The maximum absolute atomic E-state index is 10.5. The van der Waals surface area contributed by atoms with Crippen LogP contribution in [0.2, 0.25) is 0 Å². The van der Waals surface area contributed by atoms with Gasteiger partial charge in [-0.1, -0.05) is 19.9 Å². The number of aromatic nitrogens is 1. The van der Waals surface area contributed by atoms with Crippen molar-refractivity contribution in [2.45, 2.75) is 20.8 Å². The number of anilines is 1. The molecule has 1 heterocycles. The first kappa shape index (κ1) is 16.7. The molecule has 0 atom stereocenters. The van der Waals surface area contributed by atoms with E-state index in [0.717, 1.165) is 5.56 Å². The number of pyridine rings is 1. The lowest BCUT2D eigenvalue weighted by Crippen LogP contribution is -2.13. The SMILES string of the molecule is CC.CN.Cc1ccc(NC(=O)C=O)nc1. The quantitative estimate of drug-likeness (QED) is 0.583. The van der Waals surface area contributed by atoms with Crippen molar-refractivity contribution in [1.29, 1.82) is 0 Å². The van der Waals surface area contributed by atoms with Gasteiger partial charge in [-0.25, -0.2) is 4.98 Å². The summed E-state index contributed by atoms with van der Waals surface area (Å²) in [6.45, 7) is 5.89. The Bertz CT molecular complexity index is 297. The average Bonchev–Trinajstić information content (AvgIpc) is 2.37. The third kappa shape index (κ3) is 7.64. The Kier molecular flexibility index (Phi) is 11.8. The van der Waals surface area contributed by atoms with Gasteiger partial charge in [0.1, 0.15) is 5.82 Å². The lowest BCUT2D eigenvalue weighted by atomic mass is 10.3. The van der Waals surface area contributed by atoms with Crippen molar-refractivity contribution >= 4 is 18.0 Å². The third-order valence-corrected chi connectivity index (χ3v) is 1.27. The normalized spacial score (nSPS) is 7.56. The van der Waals surface area contributed by atoms with Crippen LogP contribution in [0.5, 0.6) is 0 Å². The molecule has 0 radical (unpaired) electrons. The summed E-state index contributed by atoms with van der Waals surface area (Å²) in [7, 11) is 1.50. The fourth-order valence-corrected chi connectivity index (χ4v) is 0.697. The second kappa shape index (κ2) is 11.3. The second-order valence-electron chi connectivity index (χ2n) is 2.33. The summed E-state index contributed by atoms with van der Waals surface area (Å²) in [6, 6.07) is 3.43. The van der Waals surface area contributed by atoms with Crippen LogP contribution in [-0.4, -0.2) is 24.2 Å². The molecule has 5 nitrogen and oxygen atoms in total. The molecule has 0 aliphatic carbocycles. The Morgan fingerprint density at radius 2 is 1.94 bits per heavy atom. The van der Waals surface area contributed by atoms with E-state index in [2.05, 4.69) is 16.0 Å². The smallest absolute Gasteiger partial charge is 0.289 e. The largest absolute Gasteiger partial charge is 0.333 e. The molecule has 16 heavy (non-hydrogen) atoms. The highest BCUT2D eigenvalue weighted by Gasteiger charge is 1.98. The minimum Gasteiger partial charge on any atom is -0.333 e. The summed E-state index contributed by atoms with van der Waals surface area (Å²) in [6.07, 6.45) is 1.82. The van der Waals surface area contributed by atoms with E-state index < -0.39 is 5.91 Å². The molecular formula is C11H19N3O2. The predicted octanol–water partition coefficient (Wildman–Crippen LogP) is 1.13. The molecular weight excluding hydrogens is 206 g/mol. The van der Waals surface area contributed by atoms with Crippen LogP contribution in [0.3, 0.4) is 0 Å². The molecule has 0 fully saturated rings. The fourth-order valence-electron chi connectivity index (χ4n) is 0.697. The van der Waals surface area contributed by atoms with E-state index >= 15 is 0 Å². The highest BCUT2D eigenvalue weighted by molar-refractivity contribution is 6.29. The van der Waals surface area contributed by atoms with Crippen molar-refractivity contribution in [3.05, 3.63) is 23.9 Å². The highest BCUT2D eigenvalue weighted by Crippen LogP contribution is 2.02. The molecule has 0 bridgehead atoms. The van der Waals surface area contributed by atoms with Gasteiger partial charge in [0.25, 0.3) is 5.91 Å². The average molecular weight is 225 g/mol. The Labute approximate surface area is 96.1 Å². The van der Waals surface area contributed by atoms with Crippen LogP contribution in [0.15, 0.2) is 18.3 Å². The Morgan fingerprint density at radius 3 is 2.31 bits per heavy atom. The van der Waals surface area contributed by atoms with Crippen LogP contribution in [0.1, 0.15) is 19.4 Å². The molecule has 0 saturated carbocycles. The van der Waals surface area contributed by atoms with Crippen molar-refractivity contribution < 1.29 is 9.59 Å². The van der Waals surface area contributed by atoms with Gasteiger partial charge in [0.05, 0.1) is 0 Å². The lowest BCUT2D eigenvalue weighted by molar-refractivity contribution is -0.127. The molecule has 90 valence electrons. The summed E-state index contributed by atoms with van der Waals surface area (Å²) >= 11 is 0. The van der Waals surface area contributed by atoms with Gasteiger partial charge in [-0.15, -0.1) is 0 Å². The van der Waals surface area contributed by atoms with Gasteiger partial charge in [-0.3, -0.25) is 9.59 Å². The number of nitrogens with one attached hydrogen (secondary N) is 1. The van der Waals surface area contributed by atoms with Crippen molar-refractivity contribution in [3.8, 4) is 0 Å². The number of carbonyl (C=O) groups excluding carboxylic acids is 2. The van der Waals surface area contributed by atoms with E-state index in [4.69, 9.17) is 0 Å². The zero-order valence-corrected chi connectivity index (χ0v) is 10.2. The van der Waals surface area contributed by atoms with Gasteiger partial charge in [-0.2, -0.15) is 0 Å². The molecule has 0 unspecified atom stereocenters. The van der Waals surface area contributed by atoms with Crippen molar-refractivity contribution in [1.82, 2.24) is 4.98 Å². The maximum atomic E-state index is 10.5. The molecule has 0 saturated heterocycles. The molecule has 3 N–H and O–H groups in total. The molecule has 0 aliphatic heterocycles. The lowest BCUT2D eigenvalue weighted by Gasteiger charge is -1.98. The maximum Gasteiger partial charge on any atom is 0.289 e. The summed E-state index contributed by atoms with van der Waals surface area (Å²) in [5.41, 5.74) is 5.50. The topological polar surface area (TPSA) is 85.1 Å². The van der Waals surface area contributed by atoms with Crippen LogP contribution < -0.4 is 11.1 Å². The second-order valence-corrected chi connectivity index (χ2v) is 2.33. The predicted molar refractivity (Wildman–Crippen MR) is 65.1 cm³/mol. The number of aldehydes is 1. The molecule has 1 aromatic heterocycles. The zero-order valence-electron chi connectivity index (χ0n) is 10.2. The number of nitrogens with zero attached hydrogens (tertiary/aromatic N) is 1. The zero-order chi connectivity index (χ0) is 13.0. The van der Waals surface area contributed by atoms with Crippen LogP contribution in [0, 0.1) is 6.92 Å². The molecule has 1 amide bonds. The number of hydrogen-bond donors (Lipinski definition) is 2. The van der Waals surface area contributed by atoms with Crippen molar-refractivity contribution in [3.63, 3.8) is 0 Å².